The van der Waals surface area contributed by atoms with Crippen molar-refractivity contribution in [3.8, 4) is 11.8 Å². The highest BCUT2D eigenvalue weighted by atomic mass is 14.7. The van der Waals surface area contributed by atoms with Crippen molar-refractivity contribution in [3.05, 3.63) is 104 Å². The molecule has 0 saturated heterocycles. The van der Waals surface area contributed by atoms with Crippen LogP contribution in [-0.2, 0) is 19.3 Å². The molecule has 0 saturated carbocycles. The fourth-order valence-electron chi connectivity index (χ4n) is 4.97. The van der Waals surface area contributed by atoms with Gasteiger partial charge in [0.1, 0.15) is 0 Å². The highest BCUT2D eigenvalue weighted by molar-refractivity contribution is 5.72. The SMILES string of the molecule is C=c1cc(Cc2ccc3c(c2)C(C#CC)CCC3)nc/c1=C/C=C(\C)c1cc(C)ccc1CC. The fraction of sp³-hybridized carbons (Fsp3) is 0.303. The van der Waals surface area contributed by atoms with Crippen LogP contribution in [0.5, 0.6) is 0 Å². The molecule has 34 heavy (non-hydrogen) atoms. The molecule has 1 nitrogen and oxygen atoms in total. The quantitative estimate of drug-likeness (QED) is 0.421. The van der Waals surface area contributed by atoms with Gasteiger partial charge < -0.3 is 0 Å². The van der Waals surface area contributed by atoms with Crippen LogP contribution >= 0.6 is 0 Å². The van der Waals surface area contributed by atoms with Crippen molar-refractivity contribution in [1.29, 1.82) is 0 Å². The topological polar surface area (TPSA) is 12.9 Å². The second-order valence-corrected chi connectivity index (χ2v) is 9.45. The van der Waals surface area contributed by atoms with Crippen molar-refractivity contribution in [2.45, 2.75) is 65.7 Å². The second-order valence-electron chi connectivity index (χ2n) is 9.45. The van der Waals surface area contributed by atoms with E-state index in [0.717, 1.165) is 29.0 Å². The highest BCUT2D eigenvalue weighted by Crippen LogP contribution is 2.32. The average Bonchev–Trinajstić information content (AvgIpc) is 2.84. The Labute approximate surface area is 205 Å². The number of fused-ring (bicyclic) bond motifs is 1. The van der Waals surface area contributed by atoms with Crippen molar-refractivity contribution >= 4 is 18.2 Å². The van der Waals surface area contributed by atoms with Gasteiger partial charge in [0.2, 0.25) is 0 Å². The summed E-state index contributed by atoms with van der Waals surface area (Å²) in [4.78, 5) is 4.77. The Morgan fingerprint density at radius 1 is 1.18 bits per heavy atom. The van der Waals surface area contributed by atoms with Crippen molar-refractivity contribution < 1.29 is 0 Å². The normalized spacial score (nSPS) is 16.1. The molecule has 0 aliphatic heterocycles. The molecule has 0 fully saturated rings. The first-order valence-corrected chi connectivity index (χ1v) is 12.4. The van der Waals surface area contributed by atoms with Gasteiger partial charge in [0, 0.05) is 24.2 Å². The van der Waals surface area contributed by atoms with E-state index in [2.05, 4.69) is 93.8 Å². The Kier molecular flexibility index (Phi) is 7.49. The largest absolute Gasteiger partial charge is 0.260 e. The van der Waals surface area contributed by atoms with Gasteiger partial charge in [-0.3, -0.25) is 4.98 Å². The summed E-state index contributed by atoms with van der Waals surface area (Å²) in [6.07, 6.45) is 11.7. The summed E-state index contributed by atoms with van der Waals surface area (Å²) >= 11 is 0. The molecule has 0 amide bonds. The third-order valence-corrected chi connectivity index (χ3v) is 6.89. The molecular formula is C33H35N. The van der Waals surface area contributed by atoms with Gasteiger partial charge in [-0.25, -0.2) is 0 Å². The van der Waals surface area contributed by atoms with Crippen LogP contribution in [-0.4, -0.2) is 4.98 Å². The van der Waals surface area contributed by atoms with Crippen LogP contribution in [0.25, 0.3) is 18.2 Å². The van der Waals surface area contributed by atoms with Crippen LogP contribution in [0.15, 0.2) is 54.7 Å². The summed E-state index contributed by atoms with van der Waals surface area (Å²) in [6, 6.07) is 15.7. The van der Waals surface area contributed by atoms with Crippen molar-refractivity contribution in [3.63, 3.8) is 0 Å². The Morgan fingerprint density at radius 2 is 2.03 bits per heavy atom. The zero-order valence-corrected chi connectivity index (χ0v) is 21.0. The minimum Gasteiger partial charge on any atom is -0.260 e. The number of aryl methyl sites for hydroxylation is 3. The average molecular weight is 446 g/mol. The van der Waals surface area contributed by atoms with Crippen LogP contribution < -0.4 is 10.4 Å². The summed E-state index contributed by atoms with van der Waals surface area (Å²) in [7, 11) is 0. The van der Waals surface area contributed by atoms with E-state index in [1.54, 1.807) is 0 Å². The maximum atomic E-state index is 4.77. The zero-order chi connectivity index (χ0) is 24.1. The molecule has 1 atom stereocenters. The number of hydrogen-bond donors (Lipinski definition) is 0. The van der Waals surface area contributed by atoms with E-state index < -0.39 is 0 Å². The molecule has 1 aliphatic carbocycles. The predicted octanol–water partition coefficient (Wildman–Crippen LogP) is 6.28. The van der Waals surface area contributed by atoms with Crippen LogP contribution in [0.4, 0.5) is 0 Å². The van der Waals surface area contributed by atoms with Crippen molar-refractivity contribution in [2.24, 2.45) is 0 Å². The first-order valence-electron chi connectivity index (χ1n) is 12.4. The molecule has 1 heterocycles. The lowest BCUT2D eigenvalue weighted by atomic mass is 9.82. The van der Waals surface area contributed by atoms with E-state index in [9.17, 15) is 0 Å². The van der Waals surface area contributed by atoms with E-state index in [1.807, 2.05) is 13.1 Å². The molecule has 1 aliphatic rings. The molecule has 0 N–H and O–H groups in total. The maximum absolute atomic E-state index is 4.77. The van der Waals surface area contributed by atoms with Gasteiger partial charge in [-0.2, -0.15) is 0 Å². The van der Waals surface area contributed by atoms with Gasteiger partial charge in [0.15, 0.2) is 0 Å². The smallest absolute Gasteiger partial charge is 0.0455 e. The van der Waals surface area contributed by atoms with Gasteiger partial charge in [-0.15, -0.1) is 5.92 Å². The molecule has 4 rings (SSSR count). The van der Waals surface area contributed by atoms with E-state index in [1.165, 1.54) is 58.2 Å². The Hall–Kier alpha value is -3.37. The zero-order valence-electron chi connectivity index (χ0n) is 21.0. The first-order chi connectivity index (χ1) is 16.5. The molecule has 0 bridgehead atoms. The van der Waals surface area contributed by atoms with E-state index in [0.29, 0.717) is 5.92 Å². The van der Waals surface area contributed by atoms with Crippen molar-refractivity contribution in [1.82, 2.24) is 4.98 Å². The predicted molar refractivity (Wildman–Crippen MR) is 146 cm³/mol. The molecule has 0 spiro atoms. The monoisotopic (exact) mass is 445 g/mol. The van der Waals surface area contributed by atoms with Gasteiger partial charge >= 0.3 is 0 Å². The Morgan fingerprint density at radius 3 is 2.79 bits per heavy atom. The molecule has 2 aromatic carbocycles. The lowest BCUT2D eigenvalue weighted by Crippen LogP contribution is -2.24. The number of aromatic nitrogens is 1. The van der Waals surface area contributed by atoms with Crippen LogP contribution in [0.1, 0.15) is 78.6 Å². The second kappa shape index (κ2) is 10.7. The fourth-order valence-corrected chi connectivity index (χ4v) is 4.97. The number of benzene rings is 2. The van der Waals surface area contributed by atoms with E-state index >= 15 is 0 Å². The number of hydrogen-bond acceptors (Lipinski definition) is 1. The summed E-state index contributed by atoms with van der Waals surface area (Å²) in [6.45, 7) is 12.8. The standard InChI is InChI=1S/C33H35N/c1-6-9-28-10-8-11-29-17-14-26(21-33(28)29)20-31-19-25(5)30(22-34-31)16-13-24(4)32-18-23(3)12-15-27(32)7-2/h12-19,21-22,28H,5,7-8,10-11,20H2,1-4H3/b24-13+,30-16-. The molecule has 1 heteroatoms. The van der Waals surface area contributed by atoms with E-state index in [4.69, 9.17) is 4.98 Å². The number of pyridine rings is 1. The van der Waals surface area contributed by atoms with E-state index in [-0.39, 0.29) is 0 Å². The Balaban J connectivity index is 1.57. The van der Waals surface area contributed by atoms with Gasteiger partial charge in [-0.1, -0.05) is 73.5 Å². The lowest BCUT2D eigenvalue weighted by Gasteiger charge is -2.22. The van der Waals surface area contributed by atoms with Crippen LogP contribution in [0, 0.1) is 18.8 Å². The summed E-state index contributed by atoms with van der Waals surface area (Å²) in [5.41, 5.74) is 10.5. The van der Waals surface area contributed by atoms with Gasteiger partial charge in [0.25, 0.3) is 0 Å². The number of allylic oxidation sites excluding steroid dienone is 2. The molecule has 172 valence electrons. The number of nitrogens with zero attached hydrogens (tertiary/aromatic N) is 1. The molecule has 3 aromatic rings. The highest BCUT2D eigenvalue weighted by Gasteiger charge is 2.18. The van der Waals surface area contributed by atoms with Gasteiger partial charge in [-0.05, 0) is 96.3 Å². The number of rotatable bonds is 5. The first kappa shape index (κ1) is 23.8. The molecule has 0 radical (unpaired) electrons. The molecular weight excluding hydrogens is 410 g/mol. The third-order valence-electron chi connectivity index (χ3n) is 6.89. The third kappa shape index (κ3) is 5.40. The summed E-state index contributed by atoms with van der Waals surface area (Å²) in [5.74, 6) is 6.90. The molecule has 1 aromatic heterocycles. The maximum Gasteiger partial charge on any atom is 0.0455 e. The summed E-state index contributed by atoms with van der Waals surface area (Å²) < 4.78 is 0. The lowest BCUT2D eigenvalue weighted by molar-refractivity contribution is 0.640. The molecule has 1 unspecified atom stereocenters. The van der Waals surface area contributed by atoms with Crippen LogP contribution in [0.2, 0.25) is 0 Å². The minimum atomic E-state index is 0.374. The van der Waals surface area contributed by atoms with Crippen LogP contribution in [0.3, 0.4) is 0 Å². The van der Waals surface area contributed by atoms with Crippen molar-refractivity contribution in [2.75, 3.05) is 0 Å². The summed E-state index contributed by atoms with van der Waals surface area (Å²) in [5, 5.41) is 2.08. The Bertz CT molecular complexity index is 1390. The minimum absolute atomic E-state index is 0.374. The van der Waals surface area contributed by atoms with Gasteiger partial charge in [0.05, 0.1) is 0 Å².